The molecule has 0 radical (unpaired) electrons. The number of amides is 1. The summed E-state index contributed by atoms with van der Waals surface area (Å²) in [6.07, 6.45) is 2.19. The Hall–Kier alpha value is -1.55. The molecule has 104 valence electrons. The van der Waals surface area contributed by atoms with Crippen LogP contribution in [0, 0.1) is 12.8 Å². The van der Waals surface area contributed by atoms with Gasteiger partial charge in [-0.3, -0.25) is 10.6 Å². The van der Waals surface area contributed by atoms with Crippen molar-refractivity contribution < 1.29 is 4.79 Å². The van der Waals surface area contributed by atoms with Crippen LogP contribution in [0.3, 0.4) is 0 Å². The summed E-state index contributed by atoms with van der Waals surface area (Å²) >= 11 is 0. The van der Waals surface area contributed by atoms with Crippen LogP contribution in [0.5, 0.6) is 0 Å². The van der Waals surface area contributed by atoms with Crippen LogP contribution in [-0.2, 0) is 0 Å². The molecule has 4 nitrogen and oxygen atoms in total. The number of nitrogens with zero attached hydrogens (tertiary/aromatic N) is 1. The molecule has 1 aromatic carbocycles. The lowest BCUT2D eigenvalue weighted by Gasteiger charge is -2.28. The number of hydrogen-bond acceptors (Lipinski definition) is 3. The van der Waals surface area contributed by atoms with Crippen molar-refractivity contribution in [3.05, 3.63) is 29.3 Å². The Kier molecular flexibility index (Phi) is 4.10. The standard InChI is InChI=1S/C15H23N3O/c1-10(2)14-5-4-8-18(14)15(19)12-9-11(3)6-7-13(12)17-16/h6-7,9-10,14,17H,4-5,8,16H2,1-3H3. The van der Waals surface area contributed by atoms with Gasteiger partial charge in [-0.05, 0) is 37.8 Å². The number of rotatable bonds is 3. The molecule has 3 N–H and O–H groups in total. The first-order valence-electron chi connectivity index (χ1n) is 6.93. The number of hydrazine groups is 1. The van der Waals surface area contributed by atoms with Crippen molar-refractivity contribution in [2.45, 2.75) is 39.7 Å². The highest BCUT2D eigenvalue weighted by Crippen LogP contribution is 2.27. The number of hydrogen-bond donors (Lipinski definition) is 2. The van der Waals surface area contributed by atoms with Gasteiger partial charge in [0.1, 0.15) is 0 Å². The first-order chi connectivity index (χ1) is 9.04. The van der Waals surface area contributed by atoms with E-state index in [1.165, 1.54) is 0 Å². The molecule has 1 saturated heterocycles. The Balaban J connectivity index is 2.31. The van der Waals surface area contributed by atoms with Crippen molar-refractivity contribution in [3.63, 3.8) is 0 Å². The van der Waals surface area contributed by atoms with E-state index in [9.17, 15) is 4.79 Å². The molecule has 4 heteroatoms. The third kappa shape index (κ3) is 2.73. The Morgan fingerprint density at radius 2 is 2.21 bits per heavy atom. The zero-order valence-electron chi connectivity index (χ0n) is 11.9. The van der Waals surface area contributed by atoms with Gasteiger partial charge in [-0.25, -0.2) is 0 Å². The summed E-state index contributed by atoms with van der Waals surface area (Å²) < 4.78 is 0. The molecule has 1 aromatic rings. The zero-order valence-corrected chi connectivity index (χ0v) is 11.9. The summed E-state index contributed by atoms with van der Waals surface area (Å²) in [5.74, 6) is 6.09. The molecule has 0 spiro atoms. The van der Waals surface area contributed by atoms with E-state index in [0.717, 1.165) is 24.9 Å². The van der Waals surface area contributed by atoms with Gasteiger partial charge in [0.15, 0.2) is 0 Å². The van der Waals surface area contributed by atoms with Crippen LogP contribution in [-0.4, -0.2) is 23.4 Å². The van der Waals surface area contributed by atoms with Gasteiger partial charge in [-0.15, -0.1) is 0 Å². The van der Waals surface area contributed by atoms with Crippen molar-refractivity contribution in [1.29, 1.82) is 0 Å². The van der Waals surface area contributed by atoms with Crippen LogP contribution in [0.15, 0.2) is 18.2 Å². The number of nitrogen functional groups attached to an aromatic ring is 1. The average Bonchev–Trinajstić information content (AvgIpc) is 2.87. The Morgan fingerprint density at radius 1 is 1.47 bits per heavy atom. The minimum atomic E-state index is 0.0906. The number of anilines is 1. The highest BCUT2D eigenvalue weighted by atomic mass is 16.2. The predicted molar refractivity (Wildman–Crippen MR) is 77.9 cm³/mol. The fourth-order valence-corrected chi connectivity index (χ4v) is 2.85. The first-order valence-corrected chi connectivity index (χ1v) is 6.93. The molecule has 1 unspecified atom stereocenters. The molecule has 1 atom stereocenters. The minimum absolute atomic E-state index is 0.0906. The van der Waals surface area contributed by atoms with E-state index in [1.807, 2.05) is 30.0 Å². The van der Waals surface area contributed by atoms with Crippen molar-refractivity contribution >= 4 is 11.6 Å². The topological polar surface area (TPSA) is 58.4 Å². The van der Waals surface area contributed by atoms with Gasteiger partial charge < -0.3 is 10.3 Å². The molecule has 1 amide bonds. The summed E-state index contributed by atoms with van der Waals surface area (Å²) in [5, 5.41) is 0. The summed E-state index contributed by atoms with van der Waals surface area (Å²) in [6.45, 7) is 7.18. The van der Waals surface area contributed by atoms with Crippen LogP contribution in [0.25, 0.3) is 0 Å². The summed E-state index contributed by atoms with van der Waals surface area (Å²) in [6, 6.07) is 6.07. The number of nitrogens with one attached hydrogen (secondary N) is 1. The molecule has 19 heavy (non-hydrogen) atoms. The lowest BCUT2D eigenvalue weighted by atomic mass is 10.0. The highest BCUT2D eigenvalue weighted by Gasteiger charge is 2.32. The second-order valence-corrected chi connectivity index (χ2v) is 5.65. The number of aryl methyl sites for hydroxylation is 1. The number of likely N-dealkylation sites (tertiary alicyclic amines) is 1. The van der Waals surface area contributed by atoms with Crippen LogP contribution in [0.4, 0.5) is 5.69 Å². The molecule has 1 heterocycles. The van der Waals surface area contributed by atoms with Crippen molar-refractivity contribution in [2.75, 3.05) is 12.0 Å². The van der Waals surface area contributed by atoms with Gasteiger partial charge in [0, 0.05) is 12.6 Å². The lowest BCUT2D eigenvalue weighted by molar-refractivity contribution is 0.0702. The Labute approximate surface area is 114 Å². The van der Waals surface area contributed by atoms with Crippen LogP contribution >= 0.6 is 0 Å². The molecule has 1 aliphatic heterocycles. The number of benzene rings is 1. The van der Waals surface area contributed by atoms with E-state index in [-0.39, 0.29) is 5.91 Å². The van der Waals surface area contributed by atoms with E-state index in [0.29, 0.717) is 23.2 Å². The quantitative estimate of drug-likeness (QED) is 0.649. The third-order valence-electron chi connectivity index (χ3n) is 3.89. The second kappa shape index (κ2) is 5.61. The molecule has 0 aromatic heterocycles. The van der Waals surface area contributed by atoms with Crippen LogP contribution in [0.2, 0.25) is 0 Å². The largest absolute Gasteiger partial charge is 0.335 e. The fraction of sp³-hybridized carbons (Fsp3) is 0.533. The smallest absolute Gasteiger partial charge is 0.256 e. The molecule has 1 fully saturated rings. The third-order valence-corrected chi connectivity index (χ3v) is 3.89. The van der Waals surface area contributed by atoms with Gasteiger partial charge >= 0.3 is 0 Å². The summed E-state index contributed by atoms with van der Waals surface area (Å²) in [4.78, 5) is 14.7. The normalized spacial score (nSPS) is 19.0. The van der Waals surface area contributed by atoms with Gasteiger partial charge in [0.25, 0.3) is 5.91 Å². The Bertz CT molecular complexity index is 470. The highest BCUT2D eigenvalue weighted by molar-refractivity contribution is 6.00. The minimum Gasteiger partial charge on any atom is -0.335 e. The molecule has 0 aliphatic carbocycles. The molecule has 0 bridgehead atoms. The van der Waals surface area contributed by atoms with Crippen molar-refractivity contribution in [2.24, 2.45) is 11.8 Å². The van der Waals surface area contributed by atoms with Crippen molar-refractivity contribution in [1.82, 2.24) is 4.90 Å². The molecule has 0 saturated carbocycles. The van der Waals surface area contributed by atoms with Crippen molar-refractivity contribution in [3.8, 4) is 0 Å². The Morgan fingerprint density at radius 3 is 2.84 bits per heavy atom. The van der Waals surface area contributed by atoms with Gasteiger partial charge in [0.05, 0.1) is 11.3 Å². The van der Waals surface area contributed by atoms with E-state index < -0.39 is 0 Å². The maximum Gasteiger partial charge on any atom is 0.256 e. The van der Waals surface area contributed by atoms with Gasteiger partial charge in [-0.2, -0.15) is 0 Å². The fourth-order valence-electron chi connectivity index (χ4n) is 2.85. The summed E-state index contributed by atoms with van der Waals surface area (Å²) in [5.41, 5.74) is 5.07. The maximum atomic E-state index is 12.7. The van der Waals surface area contributed by atoms with Gasteiger partial charge in [-0.1, -0.05) is 25.5 Å². The molecular formula is C15H23N3O. The second-order valence-electron chi connectivity index (χ2n) is 5.65. The summed E-state index contributed by atoms with van der Waals surface area (Å²) in [7, 11) is 0. The van der Waals surface area contributed by atoms with E-state index in [4.69, 9.17) is 5.84 Å². The van der Waals surface area contributed by atoms with Crippen LogP contribution < -0.4 is 11.3 Å². The van der Waals surface area contributed by atoms with E-state index >= 15 is 0 Å². The van der Waals surface area contributed by atoms with E-state index in [2.05, 4.69) is 19.3 Å². The van der Waals surface area contributed by atoms with E-state index in [1.54, 1.807) is 0 Å². The maximum absolute atomic E-state index is 12.7. The zero-order chi connectivity index (χ0) is 14.0. The number of carbonyl (C=O) groups is 1. The molecule has 1 aliphatic rings. The monoisotopic (exact) mass is 261 g/mol. The predicted octanol–water partition coefficient (Wildman–Crippen LogP) is 2.54. The van der Waals surface area contributed by atoms with Crippen LogP contribution in [0.1, 0.15) is 42.6 Å². The number of carbonyl (C=O) groups excluding carboxylic acids is 1. The van der Waals surface area contributed by atoms with Gasteiger partial charge in [0.2, 0.25) is 0 Å². The molecule has 2 rings (SSSR count). The first kappa shape index (κ1) is 13.9. The SMILES string of the molecule is Cc1ccc(NN)c(C(=O)N2CCCC2C(C)C)c1. The average molecular weight is 261 g/mol. The lowest BCUT2D eigenvalue weighted by Crippen LogP contribution is -2.39. The number of nitrogens with two attached hydrogens (primary N) is 1. The molecular weight excluding hydrogens is 238 g/mol.